The average Bonchev–Trinajstić information content (AvgIpc) is 3.21. The molecule has 3 aromatic rings. The number of carbonyl (C=O) groups excluding carboxylic acids is 1. The first kappa shape index (κ1) is 22.1. The second-order valence-electron chi connectivity index (χ2n) is 7.11. The summed E-state index contributed by atoms with van der Waals surface area (Å²) in [4.78, 5) is 25.2. The number of rotatable bonds is 8. The van der Waals surface area contributed by atoms with E-state index >= 15 is 0 Å². The summed E-state index contributed by atoms with van der Waals surface area (Å²) < 4.78 is 1.03. The summed E-state index contributed by atoms with van der Waals surface area (Å²) in [7, 11) is 0. The lowest BCUT2D eigenvalue weighted by Gasteiger charge is -2.23. The van der Waals surface area contributed by atoms with Crippen LogP contribution in [0, 0.1) is 0 Å². The van der Waals surface area contributed by atoms with Crippen molar-refractivity contribution in [1.29, 1.82) is 0 Å². The van der Waals surface area contributed by atoms with Crippen molar-refractivity contribution in [3.8, 4) is 0 Å². The van der Waals surface area contributed by atoms with Crippen LogP contribution in [-0.2, 0) is 12.0 Å². The number of amides is 2. The van der Waals surface area contributed by atoms with Crippen molar-refractivity contribution < 1.29 is 4.79 Å². The Hall–Kier alpha value is -2.56. The molecule has 2 heterocycles. The van der Waals surface area contributed by atoms with Crippen molar-refractivity contribution in [2.45, 2.75) is 25.8 Å². The summed E-state index contributed by atoms with van der Waals surface area (Å²) in [6, 6.07) is 7.84. The summed E-state index contributed by atoms with van der Waals surface area (Å²) in [6.45, 7) is 5.65. The zero-order valence-electron chi connectivity index (χ0n) is 16.8. The van der Waals surface area contributed by atoms with Crippen LogP contribution < -0.4 is 21.7 Å². The van der Waals surface area contributed by atoms with Gasteiger partial charge in [-0.1, -0.05) is 41.9 Å². The first-order valence-corrected chi connectivity index (χ1v) is 11.1. The van der Waals surface area contributed by atoms with Gasteiger partial charge >= 0.3 is 6.03 Å². The van der Waals surface area contributed by atoms with Crippen LogP contribution in [0.2, 0.25) is 0 Å². The van der Waals surface area contributed by atoms with Gasteiger partial charge in [0.25, 0.3) is 0 Å². The van der Waals surface area contributed by atoms with E-state index in [1.807, 2.05) is 17.5 Å². The van der Waals surface area contributed by atoms with Gasteiger partial charge in [0.15, 0.2) is 5.13 Å². The topological polar surface area (TPSA) is 118 Å². The largest absolute Gasteiger partial charge is 0.353 e. The number of nitrogens with zero attached hydrogens (tertiary/aromatic N) is 3. The standard InChI is InChI=1S/C20H24BrN7OS/c1-20(2,14-3-5-15(21)6-4-14)16-12-30-19(27-16)28-18(29)26-11-13-9-24-17(25-10-13)23-8-7-22/h3-6,9-10,12H,7-8,11,22H2,1-2H3,(H,23,24,25)(H2,26,27,28,29). The van der Waals surface area contributed by atoms with E-state index in [4.69, 9.17) is 5.73 Å². The van der Waals surface area contributed by atoms with Crippen LogP contribution in [0.5, 0.6) is 0 Å². The third kappa shape index (κ3) is 5.74. The highest BCUT2D eigenvalue weighted by Crippen LogP contribution is 2.33. The maximum absolute atomic E-state index is 12.2. The van der Waals surface area contributed by atoms with E-state index in [1.54, 1.807) is 12.4 Å². The van der Waals surface area contributed by atoms with E-state index in [0.29, 0.717) is 30.7 Å². The second kappa shape index (κ2) is 9.96. The minimum Gasteiger partial charge on any atom is -0.353 e. The minimum absolute atomic E-state index is 0.273. The van der Waals surface area contributed by atoms with Crippen LogP contribution in [0.1, 0.15) is 30.7 Å². The molecule has 10 heteroatoms. The predicted octanol–water partition coefficient (Wildman–Crippen LogP) is 3.71. The zero-order valence-corrected chi connectivity index (χ0v) is 19.2. The number of thiazole rings is 1. The summed E-state index contributed by atoms with van der Waals surface area (Å²) in [5.41, 5.74) is 8.00. The molecule has 2 aromatic heterocycles. The zero-order chi connectivity index (χ0) is 21.6. The number of halogens is 1. The third-order valence-corrected chi connectivity index (χ3v) is 5.80. The number of hydrogen-bond donors (Lipinski definition) is 4. The number of nitrogens with two attached hydrogens (primary N) is 1. The van der Waals surface area contributed by atoms with E-state index in [9.17, 15) is 4.79 Å². The molecule has 0 radical (unpaired) electrons. The molecule has 158 valence electrons. The van der Waals surface area contributed by atoms with Crippen LogP contribution in [0.25, 0.3) is 0 Å². The van der Waals surface area contributed by atoms with Gasteiger partial charge in [0.2, 0.25) is 5.95 Å². The highest BCUT2D eigenvalue weighted by atomic mass is 79.9. The van der Waals surface area contributed by atoms with E-state index in [1.165, 1.54) is 11.3 Å². The van der Waals surface area contributed by atoms with Gasteiger partial charge in [-0.05, 0) is 17.7 Å². The Balaban J connectivity index is 1.55. The highest BCUT2D eigenvalue weighted by Gasteiger charge is 2.26. The Bertz CT molecular complexity index is 974. The summed E-state index contributed by atoms with van der Waals surface area (Å²) in [5, 5.41) is 11.1. The number of aromatic nitrogens is 3. The molecule has 5 N–H and O–H groups in total. The quantitative estimate of drug-likeness (QED) is 0.383. The molecule has 0 aliphatic carbocycles. The predicted molar refractivity (Wildman–Crippen MR) is 124 cm³/mol. The Morgan fingerprint density at radius 3 is 2.57 bits per heavy atom. The van der Waals surface area contributed by atoms with Crippen molar-refractivity contribution >= 4 is 44.4 Å². The molecule has 0 saturated carbocycles. The maximum atomic E-state index is 12.2. The van der Waals surface area contributed by atoms with Crippen LogP contribution in [0.3, 0.4) is 0 Å². The first-order chi connectivity index (χ1) is 14.4. The third-order valence-electron chi connectivity index (χ3n) is 4.52. The van der Waals surface area contributed by atoms with Crippen molar-refractivity contribution in [1.82, 2.24) is 20.3 Å². The fourth-order valence-corrected chi connectivity index (χ4v) is 3.82. The average molecular weight is 490 g/mol. The Morgan fingerprint density at radius 1 is 1.20 bits per heavy atom. The number of nitrogens with one attached hydrogen (secondary N) is 3. The molecule has 0 saturated heterocycles. The van der Waals surface area contributed by atoms with E-state index in [-0.39, 0.29) is 11.4 Å². The van der Waals surface area contributed by atoms with Crippen LogP contribution in [-0.4, -0.2) is 34.1 Å². The van der Waals surface area contributed by atoms with Crippen LogP contribution >= 0.6 is 27.3 Å². The highest BCUT2D eigenvalue weighted by molar-refractivity contribution is 9.10. The van der Waals surface area contributed by atoms with Crippen LogP contribution in [0.15, 0.2) is 46.5 Å². The molecular weight excluding hydrogens is 466 g/mol. The van der Waals surface area contributed by atoms with Gasteiger partial charge in [-0.3, -0.25) is 5.32 Å². The molecular formula is C20H24BrN7OS. The molecule has 2 amide bonds. The normalized spacial score (nSPS) is 11.2. The maximum Gasteiger partial charge on any atom is 0.321 e. The van der Waals surface area contributed by atoms with Gasteiger partial charge < -0.3 is 16.4 Å². The van der Waals surface area contributed by atoms with Crippen molar-refractivity contribution in [3.63, 3.8) is 0 Å². The molecule has 30 heavy (non-hydrogen) atoms. The number of anilines is 2. The molecule has 0 fully saturated rings. The summed E-state index contributed by atoms with van der Waals surface area (Å²) in [5.74, 6) is 0.511. The first-order valence-electron chi connectivity index (χ1n) is 9.40. The SMILES string of the molecule is CC(C)(c1ccc(Br)cc1)c1csc(NC(=O)NCc2cnc(NCCN)nc2)n1. The molecule has 0 spiro atoms. The molecule has 0 unspecified atom stereocenters. The molecule has 3 rings (SSSR count). The Kier molecular flexibility index (Phi) is 7.35. The second-order valence-corrected chi connectivity index (χ2v) is 8.88. The molecule has 0 aliphatic heterocycles. The Morgan fingerprint density at radius 2 is 1.90 bits per heavy atom. The molecule has 0 atom stereocenters. The van der Waals surface area contributed by atoms with Gasteiger partial charge in [-0.15, -0.1) is 11.3 Å². The van der Waals surface area contributed by atoms with Gasteiger partial charge in [0, 0.05) is 52.9 Å². The van der Waals surface area contributed by atoms with Crippen molar-refractivity contribution in [3.05, 3.63) is 63.3 Å². The summed E-state index contributed by atoms with van der Waals surface area (Å²) >= 11 is 4.86. The molecule has 0 aliphatic rings. The van der Waals surface area contributed by atoms with Crippen LogP contribution in [0.4, 0.5) is 15.9 Å². The van der Waals surface area contributed by atoms with Crippen molar-refractivity contribution in [2.75, 3.05) is 23.7 Å². The smallest absolute Gasteiger partial charge is 0.321 e. The van der Waals surface area contributed by atoms with E-state index < -0.39 is 0 Å². The molecule has 1 aromatic carbocycles. The minimum atomic E-state index is -0.331. The molecule has 0 bridgehead atoms. The number of hydrogen-bond acceptors (Lipinski definition) is 7. The van der Waals surface area contributed by atoms with E-state index in [2.05, 4.69) is 72.8 Å². The lowest BCUT2D eigenvalue weighted by molar-refractivity contribution is 0.251. The Labute approximate surface area is 187 Å². The lowest BCUT2D eigenvalue weighted by Crippen LogP contribution is -2.28. The fourth-order valence-electron chi connectivity index (χ4n) is 2.68. The van der Waals surface area contributed by atoms with Gasteiger partial charge in [0.1, 0.15) is 0 Å². The lowest BCUT2D eigenvalue weighted by atomic mass is 9.82. The number of benzene rings is 1. The van der Waals surface area contributed by atoms with E-state index in [0.717, 1.165) is 21.3 Å². The monoisotopic (exact) mass is 489 g/mol. The number of carbonyl (C=O) groups is 1. The number of urea groups is 1. The van der Waals surface area contributed by atoms with Gasteiger partial charge in [-0.2, -0.15) is 0 Å². The van der Waals surface area contributed by atoms with Gasteiger partial charge in [-0.25, -0.2) is 19.7 Å². The summed E-state index contributed by atoms with van der Waals surface area (Å²) in [6.07, 6.45) is 3.32. The van der Waals surface area contributed by atoms with Crippen molar-refractivity contribution in [2.24, 2.45) is 5.73 Å². The van der Waals surface area contributed by atoms with Gasteiger partial charge in [0.05, 0.1) is 5.69 Å². The fraction of sp³-hybridized carbons (Fsp3) is 0.300. The molecule has 8 nitrogen and oxygen atoms in total.